The van der Waals surface area contributed by atoms with Crippen molar-refractivity contribution < 1.29 is 18.7 Å². The van der Waals surface area contributed by atoms with E-state index in [0.717, 1.165) is 22.8 Å². The highest BCUT2D eigenvalue weighted by Gasteiger charge is 2.28. The fourth-order valence-electron chi connectivity index (χ4n) is 3.62. The summed E-state index contributed by atoms with van der Waals surface area (Å²) in [4.78, 5) is 27.5. The smallest absolute Gasteiger partial charge is 0.261 e. The van der Waals surface area contributed by atoms with Crippen LogP contribution in [0.1, 0.15) is 32.3 Å². The van der Waals surface area contributed by atoms with Crippen molar-refractivity contribution in [3.8, 4) is 5.75 Å². The first-order valence-electron chi connectivity index (χ1n) is 11.0. The van der Waals surface area contributed by atoms with Crippen LogP contribution in [-0.4, -0.2) is 35.9 Å². The van der Waals surface area contributed by atoms with Crippen LogP contribution in [-0.2, 0) is 16.1 Å². The quantitative estimate of drug-likeness (QED) is 0.502. The third kappa shape index (κ3) is 5.84. The summed E-state index contributed by atoms with van der Waals surface area (Å²) in [6.45, 7) is 4.37. The van der Waals surface area contributed by atoms with Crippen molar-refractivity contribution in [2.45, 2.75) is 39.3 Å². The zero-order chi connectivity index (χ0) is 22.9. The molecule has 0 fully saturated rings. The third-order valence-corrected chi connectivity index (χ3v) is 5.30. The van der Waals surface area contributed by atoms with Crippen molar-refractivity contribution in [3.05, 3.63) is 78.1 Å². The lowest BCUT2D eigenvalue weighted by Gasteiger charge is -2.30. The van der Waals surface area contributed by atoms with Crippen molar-refractivity contribution in [2.24, 2.45) is 0 Å². The second-order valence-corrected chi connectivity index (χ2v) is 7.63. The molecule has 0 heterocycles. The average Bonchev–Trinajstić information content (AvgIpc) is 2.82. The molecule has 1 atom stereocenters. The Hall–Kier alpha value is -3.41. The lowest BCUT2D eigenvalue weighted by atomic mass is 10.1. The van der Waals surface area contributed by atoms with Gasteiger partial charge >= 0.3 is 0 Å². The van der Waals surface area contributed by atoms with Crippen LogP contribution in [0.25, 0.3) is 10.8 Å². The lowest BCUT2D eigenvalue weighted by Crippen LogP contribution is -2.50. The SMILES string of the molecule is CCCNC(=O)[C@@H](CC)N(Cc1ccc(F)cc1)C(=O)COc1cccc2ccccc12. The van der Waals surface area contributed by atoms with Crippen molar-refractivity contribution in [1.82, 2.24) is 10.2 Å². The molecule has 0 aromatic heterocycles. The fourth-order valence-corrected chi connectivity index (χ4v) is 3.62. The highest BCUT2D eigenvalue weighted by molar-refractivity contribution is 5.90. The number of halogens is 1. The van der Waals surface area contributed by atoms with Crippen molar-refractivity contribution in [3.63, 3.8) is 0 Å². The van der Waals surface area contributed by atoms with E-state index < -0.39 is 6.04 Å². The number of ether oxygens (including phenoxy) is 1. The molecular weight excluding hydrogens is 407 g/mol. The lowest BCUT2D eigenvalue weighted by molar-refractivity contribution is -0.142. The zero-order valence-electron chi connectivity index (χ0n) is 18.5. The van der Waals surface area contributed by atoms with Gasteiger partial charge in [0.1, 0.15) is 17.6 Å². The number of amides is 2. The molecule has 0 radical (unpaired) electrons. The maximum atomic E-state index is 13.3. The first-order valence-corrected chi connectivity index (χ1v) is 11.0. The van der Waals surface area contributed by atoms with Gasteiger partial charge < -0.3 is 15.0 Å². The monoisotopic (exact) mass is 436 g/mol. The van der Waals surface area contributed by atoms with E-state index in [4.69, 9.17) is 4.74 Å². The minimum absolute atomic E-state index is 0.191. The number of benzene rings is 3. The second kappa shape index (κ2) is 11.3. The van der Waals surface area contributed by atoms with Gasteiger partial charge in [-0.2, -0.15) is 0 Å². The van der Waals surface area contributed by atoms with E-state index in [9.17, 15) is 14.0 Å². The predicted octanol–water partition coefficient (Wildman–Crippen LogP) is 4.69. The first kappa shape index (κ1) is 23.3. The summed E-state index contributed by atoms with van der Waals surface area (Å²) in [6, 6.07) is 18.8. The largest absolute Gasteiger partial charge is 0.483 e. The van der Waals surface area contributed by atoms with Crippen LogP contribution >= 0.6 is 0 Å². The number of nitrogens with zero attached hydrogens (tertiary/aromatic N) is 1. The molecule has 3 aromatic carbocycles. The molecule has 32 heavy (non-hydrogen) atoms. The van der Waals surface area contributed by atoms with Crippen LogP contribution in [0.4, 0.5) is 4.39 Å². The topological polar surface area (TPSA) is 58.6 Å². The van der Waals surface area contributed by atoms with Gasteiger partial charge in [-0.15, -0.1) is 0 Å². The van der Waals surface area contributed by atoms with E-state index in [1.54, 1.807) is 12.1 Å². The number of hydrogen-bond acceptors (Lipinski definition) is 3. The number of fused-ring (bicyclic) bond motifs is 1. The summed E-state index contributed by atoms with van der Waals surface area (Å²) in [7, 11) is 0. The fraction of sp³-hybridized carbons (Fsp3) is 0.308. The van der Waals surface area contributed by atoms with Gasteiger partial charge in [0.15, 0.2) is 6.61 Å². The van der Waals surface area contributed by atoms with Gasteiger partial charge in [-0.05, 0) is 42.0 Å². The Bertz CT molecular complexity index is 1050. The average molecular weight is 437 g/mol. The Morgan fingerprint density at radius 2 is 1.72 bits per heavy atom. The molecule has 6 heteroatoms. The molecule has 3 rings (SSSR count). The molecule has 0 aliphatic rings. The Balaban J connectivity index is 1.81. The highest BCUT2D eigenvalue weighted by atomic mass is 19.1. The maximum absolute atomic E-state index is 13.3. The maximum Gasteiger partial charge on any atom is 0.261 e. The molecule has 0 saturated heterocycles. The van der Waals surface area contributed by atoms with Gasteiger partial charge in [0.05, 0.1) is 0 Å². The van der Waals surface area contributed by atoms with E-state index in [2.05, 4.69) is 5.32 Å². The van der Waals surface area contributed by atoms with Gasteiger partial charge in [0.25, 0.3) is 5.91 Å². The molecule has 0 aliphatic heterocycles. The molecule has 2 amide bonds. The van der Waals surface area contributed by atoms with Gasteiger partial charge in [-0.25, -0.2) is 4.39 Å². The zero-order valence-corrected chi connectivity index (χ0v) is 18.5. The minimum atomic E-state index is -0.643. The number of carbonyl (C=O) groups is 2. The van der Waals surface area contributed by atoms with Gasteiger partial charge in [-0.3, -0.25) is 9.59 Å². The Labute approximate surface area is 188 Å². The second-order valence-electron chi connectivity index (χ2n) is 7.63. The predicted molar refractivity (Wildman–Crippen MR) is 124 cm³/mol. The normalized spacial score (nSPS) is 11.7. The Kier molecular flexibility index (Phi) is 8.20. The molecule has 0 spiro atoms. The number of hydrogen-bond donors (Lipinski definition) is 1. The molecule has 1 N–H and O–H groups in total. The molecule has 0 aliphatic carbocycles. The van der Waals surface area contributed by atoms with Crippen LogP contribution in [0, 0.1) is 5.82 Å². The first-order chi connectivity index (χ1) is 15.5. The van der Waals surface area contributed by atoms with Crippen LogP contribution < -0.4 is 10.1 Å². The van der Waals surface area contributed by atoms with Crippen LogP contribution in [0.15, 0.2) is 66.7 Å². The van der Waals surface area contributed by atoms with Crippen molar-refractivity contribution in [2.75, 3.05) is 13.2 Å². The van der Waals surface area contributed by atoms with Gasteiger partial charge in [-0.1, -0.05) is 62.4 Å². The summed E-state index contributed by atoms with van der Waals surface area (Å²) >= 11 is 0. The molecular formula is C26H29FN2O3. The molecule has 3 aromatic rings. The van der Waals surface area contributed by atoms with Crippen LogP contribution in [0.5, 0.6) is 5.75 Å². The summed E-state index contributed by atoms with van der Waals surface area (Å²) < 4.78 is 19.2. The van der Waals surface area contributed by atoms with E-state index in [-0.39, 0.29) is 30.8 Å². The standard InChI is InChI=1S/C26H29FN2O3/c1-3-16-28-26(31)23(4-2)29(17-19-12-14-21(27)15-13-19)25(30)18-32-24-11-7-9-20-8-5-6-10-22(20)24/h5-15,23H,3-4,16-18H2,1-2H3,(H,28,31)/t23-/m1/s1. The van der Waals surface area contributed by atoms with E-state index >= 15 is 0 Å². The molecule has 0 bridgehead atoms. The van der Waals surface area contributed by atoms with E-state index in [1.165, 1.54) is 17.0 Å². The summed E-state index contributed by atoms with van der Waals surface area (Å²) in [5.41, 5.74) is 0.742. The summed E-state index contributed by atoms with van der Waals surface area (Å²) in [5, 5.41) is 4.81. The minimum Gasteiger partial charge on any atom is -0.483 e. The van der Waals surface area contributed by atoms with Crippen molar-refractivity contribution >= 4 is 22.6 Å². The van der Waals surface area contributed by atoms with Crippen LogP contribution in [0.3, 0.4) is 0 Å². The number of carbonyl (C=O) groups excluding carboxylic acids is 2. The Morgan fingerprint density at radius 3 is 2.44 bits per heavy atom. The van der Waals surface area contributed by atoms with Gasteiger partial charge in [0, 0.05) is 18.5 Å². The van der Waals surface area contributed by atoms with E-state index in [0.29, 0.717) is 18.7 Å². The number of rotatable bonds is 10. The summed E-state index contributed by atoms with van der Waals surface area (Å²) in [6.07, 6.45) is 1.26. The molecule has 0 saturated carbocycles. The molecule has 168 valence electrons. The van der Waals surface area contributed by atoms with Crippen molar-refractivity contribution in [1.29, 1.82) is 0 Å². The van der Waals surface area contributed by atoms with Crippen LogP contribution in [0.2, 0.25) is 0 Å². The number of nitrogens with one attached hydrogen (secondary N) is 1. The highest BCUT2D eigenvalue weighted by Crippen LogP contribution is 2.25. The summed E-state index contributed by atoms with van der Waals surface area (Å²) in [5.74, 6) is -0.240. The molecule has 0 unspecified atom stereocenters. The third-order valence-electron chi connectivity index (χ3n) is 5.30. The van der Waals surface area contributed by atoms with Gasteiger partial charge in [0.2, 0.25) is 5.91 Å². The van der Waals surface area contributed by atoms with E-state index in [1.807, 2.05) is 56.3 Å². The molecule has 5 nitrogen and oxygen atoms in total. The Morgan fingerprint density at radius 1 is 1.00 bits per heavy atom.